The number of ether oxygens (including phenoxy) is 3. The van der Waals surface area contributed by atoms with Crippen LogP contribution in [-0.4, -0.2) is 36.9 Å². The molecular weight excluding hydrogens is 378 g/mol. The average Bonchev–Trinajstić information content (AvgIpc) is 2.97. The maximum atomic E-state index is 9.00. The second-order valence-corrected chi connectivity index (χ2v) is 7.35. The Morgan fingerprint density at radius 3 is 2.73 bits per heavy atom. The smallest absolute Gasteiger partial charge is 0.140 e. The van der Waals surface area contributed by atoms with Gasteiger partial charge in [-0.15, -0.1) is 0 Å². The first kappa shape index (κ1) is 20.3. The third kappa shape index (κ3) is 4.75. The molecule has 0 fully saturated rings. The van der Waals surface area contributed by atoms with Gasteiger partial charge in [0.1, 0.15) is 30.0 Å². The van der Waals surface area contributed by atoms with E-state index in [1.54, 1.807) is 7.11 Å². The van der Waals surface area contributed by atoms with E-state index in [1.165, 1.54) is 5.56 Å². The van der Waals surface area contributed by atoms with E-state index >= 15 is 0 Å². The molecule has 1 atom stereocenters. The second kappa shape index (κ2) is 9.65. The van der Waals surface area contributed by atoms with Crippen LogP contribution in [0.1, 0.15) is 22.8 Å². The first-order valence-corrected chi connectivity index (χ1v) is 10.2. The molecule has 0 bridgehead atoms. The predicted octanol–water partition coefficient (Wildman–Crippen LogP) is 4.20. The summed E-state index contributed by atoms with van der Waals surface area (Å²) in [7, 11) is 1.69. The van der Waals surface area contributed by atoms with Gasteiger partial charge in [0.15, 0.2) is 0 Å². The van der Waals surface area contributed by atoms with Crippen molar-refractivity contribution >= 4 is 0 Å². The number of nitrogens with zero attached hydrogens (tertiary/aromatic N) is 1. The molecule has 3 aromatic rings. The van der Waals surface area contributed by atoms with Crippen LogP contribution in [0.4, 0.5) is 0 Å². The molecular formula is C25H27NO4. The average molecular weight is 405 g/mol. The molecule has 1 aliphatic heterocycles. The second-order valence-electron chi connectivity index (χ2n) is 7.35. The van der Waals surface area contributed by atoms with E-state index in [4.69, 9.17) is 19.3 Å². The van der Waals surface area contributed by atoms with Crippen molar-refractivity contribution in [1.82, 2.24) is 4.90 Å². The minimum absolute atomic E-state index is 0.00502. The minimum Gasteiger partial charge on any atom is -0.496 e. The zero-order chi connectivity index (χ0) is 20.8. The molecule has 156 valence electrons. The molecule has 30 heavy (non-hydrogen) atoms. The molecule has 0 saturated heterocycles. The molecule has 4 rings (SSSR count). The molecule has 5 nitrogen and oxygen atoms in total. The highest BCUT2D eigenvalue weighted by Gasteiger charge is 2.26. The summed E-state index contributed by atoms with van der Waals surface area (Å²) in [6.45, 7) is 2.59. The Morgan fingerprint density at radius 2 is 1.87 bits per heavy atom. The maximum Gasteiger partial charge on any atom is 0.140 e. The number of hydrogen-bond donors (Lipinski definition) is 1. The Balaban J connectivity index is 1.61. The number of hydrogen-bond acceptors (Lipinski definition) is 5. The highest BCUT2D eigenvalue weighted by atomic mass is 16.5. The number of para-hydroxylation sites is 2. The molecule has 0 aliphatic carbocycles. The number of aliphatic hydroxyl groups is 1. The van der Waals surface area contributed by atoms with E-state index in [-0.39, 0.29) is 12.7 Å². The Hall–Kier alpha value is -3.02. The van der Waals surface area contributed by atoms with Gasteiger partial charge in [0.25, 0.3) is 0 Å². The number of benzene rings is 3. The molecule has 0 amide bonds. The fourth-order valence-corrected chi connectivity index (χ4v) is 3.85. The molecule has 0 spiro atoms. The van der Waals surface area contributed by atoms with Gasteiger partial charge in [0, 0.05) is 30.8 Å². The minimum atomic E-state index is -0.140. The van der Waals surface area contributed by atoms with E-state index in [1.807, 2.05) is 54.6 Å². The van der Waals surface area contributed by atoms with Crippen molar-refractivity contribution in [2.45, 2.75) is 19.2 Å². The zero-order valence-corrected chi connectivity index (χ0v) is 17.2. The van der Waals surface area contributed by atoms with Crippen molar-refractivity contribution in [2.75, 3.05) is 26.9 Å². The third-order valence-corrected chi connectivity index (χ3v) is 5.21. The van der Waals surface area contributed by atoms with Crippen LogP contribution in [0.2, 0.25) is 0 Å². The highest BCUT2D eigenvalue weighted by Crippen LogP contribution is 2.35. The standard InChI is InChI=1S/C25H27NO4/c1-28-24-12-5-3-10-22(24)25-18-26(17-20-8-2-4-11-23(20)30-25)16-19-7-6-9-21(15-19)29-14-13-27/h2-12,15,25,27H,13-14,16-18H2,1H3/t25-/m1/s1. The van der Waals surface area contributed by atoms with E-state index in [0.29, 0.717) is 6.61 Å². The summed E-state index contributed by atoms with van der Waals surface area (Å²) in [4.78, 5) is 2.38. The maximum absolute atomic E-state index is 9.00. The van der Waals surface area contributed by atoms with Crippen LogP contribution in [0, 0.1) is 0 Å². The quantitative estimate of drug-likeness (QED) is 0.638. The lowest BCUT2D eigenvalue weighted by Gasteiger charge is -2.25. The largest absolute Gasteiger partial charge is 0.496 e. The monoisotopic (exact) mass is 405 g/mol. The van der Waals surface area contributed by atoms with Gasteiger partial charge in [-0.3, -0.25) is 4.90 Å². The molecule has 3 aromatic carbocycles. The van der Waals surface area contributed by atoms with Gasteiger partial charge in [0.05, 0.1) is 13.7 Å². The number of rotatable bonds is 7. The number of aliphatic hydroxyl groups excluding tert-OH is 1. The molecule has 0 saturated carbocycles. The molecule has 0 radical (unpaired) electrons. The van der Waals surface area contributed by atoms with Crippen molar-refractivity contribution in [3.05, 3.63) is 89.5 Å². The lowest BCUT2D eigenvalue weighted by atomic mass is 10.1. The summed E-state index contributed by atoms with van der Waals surface area (Å²) in [5.41, 5.74) is 3.37. The molecule has 0 unspecified atom stereocenters. The van der Waals surface area contributed by atoms with Gasteiger partial charge >= 0.3 is 0 Å². The highest BCUT2D eigenvalue weighted by molar-refractivity contribution is 5.39. The molecule has 1 N–H and O–H groups in total. The van der Waals surface area contributed by atoms with E-state index < -0.39 is 0 Å². The topological polar surface area (TPSA) is 51.2 Å². The normalized spacial score (nSPS) is 16.3. The summed E-state index contributed by atoms with van der Waals surface area (Å²) in [5.74, 6) is 2.52. The van der Waals surface area contributed by atoms with Gasteiger partial charge in [-0.05, 0) is 29.8 Å². The third-order valence-electron chi connectivity index (χ3n) is 5.21. The first-order chi connectivity index (χ1) is 14.8. The number of methoxy groups -OCH3 is 1. The molecule has 1 aliphatic rings. The zero-order valence-electron chi connectivity index (χ0n) is 17.2. The van der Waals surface area contributed by atoms with E-state index in [2.05, 4.69) is 23.1 Å². The van der Waals surface area contributed by atoms with Gasteiger partial charge in [-0.1, -0.05) is 48.5 Å². The first-order valence-electron chi connectivity index (χ1n) is 10.2. The van der Waals surface area contributed by atoms with Crippen LogP contribution in [0.3, 0.4) is 0 Å². The lowest BCUT2D eigenvalue weighted by Crippen LogP contribution is -2.28. The van der Waals surface area contributed by atoms with Gasteiger partial charge in [-0.2, -0.15) is 0 Å². The number of fused-ring (bicyclic) bond motifs is 1. The van der Waals surface area contributed by atoms with Crippen molar-refractivity contribution in [2.24, 2.45) is 0 Å². The summed E-state index contributed by atoms with van der Waals surface area (Å²) >= 11 is 0. The van der Waals surface area contributed by atoms with Crippen LogP contribution < -0.4 is 14.2 Å². The molecule has 0 aromatic heterocycles. The van der Waals surface area contributed by atoms with Crippen LogP contribution >= 0.6 is 0 Å². The van der Waals surface area contributed by atoms with Crippen molar-refractivity contribution < 1.29 is 19.3 Å². The molecule has 1 heterocycles. The van der Waals surface area contributed by atoms with Crippen molar-refractivity contribution in [3.63, 3.8) is 0 Å². The predicted molar refractivity (Wildman–Crippen MR) is 116 cm³/mol. The summed E-state index contributed by atoms with van der Waals surface area (Å²) < 4.78 is 17.6. The van der Waals surface area contributed by atoms with E-state index in [0.717, 1.165) is 48.0 Å². The Morgan fingerprint density at radius 1 is 1.03 bits per heavy atom. The van der Waals surface area contributed by atoms with Gasteiger partial charge in [-0.25, -0.2) is 0 Å². The Labute approximate surface area is 177 Å². The van der Waals surface area contributed by atoms with E-state index in [9.17, 15) is 0 Å². The van der Waals surface area contributed by atoms with Crippen molar-refractivity contribution in [3.8, 4) is 17.2 Å². The van der Waals surface area contributed by atoms with Crippen LogP contribution in [-0.2, 0) is 13.1 Å². The molecule has 5 heteroatoms. The summed E-state index contributed by atoms with van der Waals surface area (Å²) in [6.07, 6.45) is -0.140. The lowest BCUT2D eigenvalue weighted by molar-refractivity contribution is 0.141. The Kier molecular flexibility index (Phi) is 6.52. The Bertz CT molecular complexity index is 975. The fourth-order valence-electron chi connectivity index (χ4n) is 3.85. The SMILES string of the molecule is COc1ccccc1[C@H]1CN(Cc2cccc(OCCO)c2)Cc2ccccc2O1. The van der Waals surface area contributed by atoms with Crippen LogP contribution in [0.5, 0.6) is 17.2 Å². The summed E-state index contributed by atoms with van der Waals surface area (Å²) in [5, 5.41) is 9.00. The van der Waals surface area contributed by atoms with Crippen LogP contribution in [0.25, 0.3) is 0 Å². The summed E-state index contributed by atoms with van der Waals surface area (Å²) in [6, 6.07) is 24.3. The van der Waals surface area contributed by atoms with Crippen molar-refractivity contribution in [1.29, 1.82) is 0 Å². The van der Waals surface area contributed by atoms with Crippen LogP contribution in [0.15, 0.2) is 72.8 Å². The van der Waals surface area contributed by atoms with Gasteiger partial charge in [0.2, 0.25) is 0 Å². The van der Waals surface area contributed by atoms with Gasteiger partial charge < -0.3 is 19.3 Å². The fraction of sp³-hybridized carbons (Fsp3) is 0.280.